The highest BCUT2D eigenvalue weighted by Gasteiger charge is 2.10. The normalized spacial score (nSPS) is 10.4. The van der Waals surface area contributed by atoms with Gasteiger partial charge in [0.25, 0.3) is 5.56 Å². The van der Waals surface area contributed by atoms with Crippen LogP contribution in [0, 0.1) is 12.3 Å². The highest BCUT2D eigenvalue weighted by Crippen LogP contribution is 2.17. The van der Waals surface area contributed by atoms with Crippen molar-refractivity contribution in [1.82, 2.24) is 9.78 Å². The van der Waals surface area contributed by atoms with Gasteiger partial charge in [0.2, 0.25) is 0 Å². The van der Waals surface area contributed by atoms with Gasteiger partial charge in [-0.2, -0.15) is 5.10 Å². The van der Waals surface area contributed by atoms with Crippen molar-refractivity contribution < 1.29 is 0 Å². The van der Waals surface area contributed by atoms with E-state index in [-0.39, 0.29) is 11.6 Å². The quantitative estimate of drug-likeness (QED) is 0.649. The minimum absolute atomic E-state index is 0.0541. The van der Waals surface area contributed by atoms with E-state index in [9.17, 15) is 4.79 Å². The van der Waals surface area contributed by atoms with Gasteiger partial charge in [0.05, 0.1) is 17.9 Å². The van der Waals surface area contributed by atoms with Gasteiger partial charge in [-0.05, 0) is 42.6 Å². The van der Waals surface area contributed by atoms with Crippen LogP contribution in [0.5, 0.6) is 0 Å². The Bertz CT molecular complexity index is 488. The second-order valence-electron chi connectivity index (χ2n) is 4.30. The number of terminal acetylenes is 1. The van der Waals surface area contributed by atoms with Crippen LogP contribution in [-0.4, -0.2) is 16.3 Å². The van der Waals surface area contributed by atoms with Crippen LogP contribution in [0.1, 0.15) is 39.2 Å². The molecule has 1 aromatic heterocycles. The highest BCUT2D eigenvalue weighted by atomic mass is 79.9. The van der Waals surface area contributed by atoms with Crippen LogP contribution in [0.2, 0.25) is 0 Å². The third kappa shape index (κ3) is 3.88. The zero-order valence-electron chi connectivity index (χ0n) is 10.7. The third-order valence-corrected chi connectivity index (χ3v) is 3.26. The van der Waals surface area contributed by atoms with E-state index in [2.05, 4.69) is 32.3 Å². The first kappa shape index (κ1) is 14.8. The van der Waals surface area contributed by atoms with Crippen molar-refractivity contribution in [3.63, 3.8) is 0 Å². The van der Waals surface area contributed by atoms with Crippen molar-refractivity contribution in [2.24, 2.45) is 0 Å². The average molecular weight is 312 g/mol. The van der Waals surface area contributed by atoms with Gasteiger partial charge in [0, 0.05) is 13.0 Å². The molecule has 1 heterocycles. The summed E-state index contributed by atoms with van der Waals surface area (Å²) in [5.74, 6) is 2.60. The van der Waals surface area contributed by atoms with Crippen LogP contribution in [0.3, 0.4) is 0 Å². The lowest BCUT2D eigenvalue weighted by atomic mass is 10.2. The van der Waals surface area contributed by atoms with Crippen LogP contribution in [0.15, 0.2) is 15.5 Å². The van der Waals surface area contributed by atoms with E-state index in [1.54, 1.807) is 6.20 Å². The molecule has 0 aliphatic heterocycles. The Morgan fingerprint density at radius 2 is 2.28 bits per heavy atom. The van der Waals surface area contributed by atoms with Gasteiger partial charge in [0.1, 0.15) is 4.47 Å². The Hall–Kier alpha value is -1.28. The van der Waals surface area contributed by atoms with E-state index in [0.717, 1.165) is 31.5 Å². The van der Waals surface area contributed by atoms with Gasteiger partial charge in [0.15, 0.2) is 0 Å². The molecule has 1 rings (SSSR count). The Labute approximate surface area is 116 Å². The number of unbranched alkanes of at least 4 members (excludes halogenated alkanes) is 2. The third-order valence-electron chi connectivity index (χ3n) is 2.50. The second-order valence-corrected chi connectivity index (χ2v) is 5.10. The van der Waals surface area contributed by atoms with Crippen LogP contribution in [0.4, 0.5) is 5.69 Å². The van der Waals surface area contributed by atoms with Gasteiger partial charge in [-0.15, -0.1) is 12.3 Å². The number of halogens is 1. The molecule has 0 fully saturated rings. The number of anilines is 1. The van der Waals surface area contributed by atoms with Gasteiger partial charge >= 0.3 is 0 Å². The Morgan fingerprint density at radius 1 is 1.56 bits per heavy atom. The summed E-state index contributed by atoms with van der Waals surface area (Å²) in [6, 6.07) is 0.0541. The molecule has 1 aromatic rings. The SMILES string of the molecule is C#CCCCCNc1cnn(C(C)C)c(=O)c1Br. The molecule has 0 spiro atoms. The zero-order valence-corrected chi connectivity index (χ0v) is 12.3. The first-order chi connectivity index (χ1) is 8.57. The van der Waals surface area contributed by atoms with Crippen molar-refractivity contribution in [2.75, 3.05) is 11.9 Å². The fraction of sp³-hybridized carbons (Fsp3) is 0.538. The number of hydrogen-bond donors (Lipinski definition) is 1. The van der Waals surface area contributed by atoms with Crippen LogP contribution < -0.4 is 10.9 Å². The maximum Gasteiger partial charge on any atom is 0.283 e. The smallest absolute Gasteiger partial charge is 0.283 e. The van der Waals surface area contributed by atoms with Gasteiger partial charge in [-0.25, -0.2) is 4.68 Å². The van der Waals surface area contributed by atoms with Crippen molar-refractivity contribution in [3.8, 4) is 12.3 Å². The average Bonchev–Trinajstić information content (AvgIpc) is 2.33. The summed E-state index contributed by atoms with van der Waals surface area (Å²) in [5.41, 5.74) is 0.622. The van der Waals surface area contributed by atoms with Crippen molar-refractivity contribution in [1.29, 1.82) is 0 Å². The van der Waals surface area contributed by atoms with E-state index in [1.807, 2.05) is 13.8 Å². The summed E-state index contributed by atoms with van der Waals surface area (Å²) in [6.45, 7) is 4.63. The topological polar surface area (TPSA) is 46.9 Å². The lowest BCUT2D eigenvalue weighted by Gasteiger charge is -2.12. The molecule has 5 heteroatoms. The van der Waals surface area contributed by atoms with E-state index >= 15 is 0 Å². The molecule has 4 nitrogen and oxygen atoms in total. The number of aromatic nitrogens is 2. The first-order valence-electron chi connectivity index (χ1n) is 6.02. The molecule has 0 bridgehead atoms. The summed E-state index contributed by atoms with van der Waals surface area (Å²) >= 11 is 3.31. The monoisotopic (exact) mass is 311 g/mol. The summed E-state index contributed by atoms with van der Waals surface area (Å²) in [7, 11) is 0. The van der Waals surface area contributed by atoms with Crippen molar-refractivity contribution in [3.05, 3.63) is 21.0 Å². The zero-order chi connectivity index (χ0) is 13.5. The fourth-order valence-corrected chi connectivity index (χ4v) is 1.94. The minimum Gasteiger partial charge on any atom is -0.383 e. The van der Waals surface area contributed by atoms with E-state index in [0.29, 0.717) is 4.47 Å². The minimum atomic E-state index is -0.112. The van der Waals surface area contributed by atoms with Gasteiger partial charge < -0.3 is 5.32 Å². The summed E-state index contributed by atoms with van der Waals surface area (Å²) < 4.78 is 1.98. The molecule has 0 atom stereocenters. The highest BCUT2D eigenvalue weighted by molar-refractivity contribution is 9.10. The van der Waals surface area contributed by atoms with Gasteiger partial charge in [-0.1, -0.05) is 0 Å². The Balaban J connectivity index is 2.66. The molecular formula is C13H18BrN3O. The van der Waals surface area contributed by atoms with Crippen LogP contribution >= 0.6 is 15.9 Å². The number of nitrogens with one attached hydrogen (secondary N) is 1. The maximum atomic E-state index is 12.0. The van der Waals surface area contributed by atoms with Crippen LogP contribution in [-0.2, 0) is 0 Å². The molecule has 1 N–H and O–H groups in total. The van der Waals surface area contributed by atoms with Gasteiger partial charge in [-0.3, -0.25) is 4.79 Å². The molecule has 0 aromatic carbocycles. The second kappa shape index (κ2) is 7.22. The number of nitrogens with zero attached hydrogens (tertiary/aromatic N) is 2. The summed E-state index contributed by atoms with van der Waals surface area (Å²) in [4.78, 5) is 12.0. The molecule has 18 heavy (non-hydrogen) atoms. The maximum absolute atomic E-state index is 12.0. The van der Waals surface area contributed by atoms with Crippen molar-refractivity contribution >= 4 is 21.6 Å². The molecule has 0 radical (unpaired) electrons. The number of hydrogen-bond acceptors (Lipinski definition) is 3. The molecule has 98 valence electrons. The Kier molecular flexibility index (Phi) is 5.93. The molecule has 0 saturated carbocycles. The molecule has 0 aliphatic carbocycles. The fourth-order valence-electron chi connectivity index (χ4n) is 1.51. The van der Waals surface area contributed by atoms with Crippen molar-refractivity contribution in [2.45, 2.75) is 39.2 Å². The molecule has 0 amide bonds. The van der Waals surface area contributed by atoms with E-state index in [4.69, 9.17) is 6.42 Å². The lowest BCUT2D eigenvalue weighted by molar-refractivity contribution is 0.501. The molecule has 0 unspecified atom stereocenters. The summed E-state index contributed by atoms with van der Waals surface area (Å²) in [5, 5.41) is 7.32. The first-order valence-corrected chi connectivity index (χ1v) is 6.82. The lowest BCUT2D eigenvalue weighted by Crippen LogP contribution is -2.26. The van der Waals surface area contributed by atoms with E-state index < -0.39 is 0 Å². The van der Waals surface area contributed by atoms with Crippen LogP contribution in [0.25, 0.3) is 0 Å². The molecular weight excluding hydrogens is 294 g/mol. The Morgan fingerprint density at radius 3 is 2.89 bits per heavy atom. The van der Waals surface area contributed by atoms with E-state index in [1.165, 1.54) is 4.68 Å². The predicted octanol–water partition coefficient (Wildman–Crippen LogP) is 2.80. The predicted molar refractivity (Wildman–Crippen MR) is 77.8 cm³/mol. The molecule has 0 saturated heterocycles. The standard InChI is InChI=1S/C13H18BrN3O/c1-4-5-6-7-8-15-11-9-16-17(10(2)3)13(18)12(11)14/h1,9-10,15H,5-8H2,2-3H3. The number of rotatable bonds is 6. The largest absolute Gasteiger partial charge is 0.383 e. The summed E-state index contributed by atoms with van der Waals surface area (Å²) in [6.07, 6.45) is 9.60. The molecule has 0 aliphatic rings.